The van der Waals surface area contributed by atoms with Gasteiger partial charge in [-0.15, -0.1) is 0 Å². The van der Waals surface area contributed by atoms with Gasteiger partial charge in [-0.3, -0.25) is 19.9 Å². The van der Waals surface area contributed by atoms with Crippen LogP contribution in [0.4, 0.5) is 35.1 Å². The molecule has 37 heavy (non-hydrogen) atoms. The fourth-order valence-corrected chi connectivity index (χ4v) is 4.91. The summed E-state index contributed by atoms with van der Waals surface area (Å²) in [5.41, 5.74) is -3.67. The Kier molecular flexibility index (Phi) is 5.76. The summed E-state index contributed by atoms with van der Waals surface area (Å²) in [4.78, 5) is 30.4. The Hall–Kier alpha value is -3.25. The van der Waals surface area contributed by atoms with Crippen LogP contribution in [0.2, 0.25) is 0 Å². The standard InChI is InChI=1S/C24H19F8N3O2/c25-22(26,27)14-3-4-17(16(8-14)11-1-2-11)24(31,32)34-20(36)19-7-12-6-18(12)35(19)21(37)13-5-15(10-33-9-13)23(28,29)30/h3-5,8-12,18-19H,1-2,6-7H2,(H,34,36)/t12-,18-,19-/m1/s1. The number of amides is 2. The van der Waals surface area contributed by atoms with Crippen molar-refractivity contribution < 1.29 is 44.7 Å². The summed E-state index contributed by atoms with van der Waals surface area (Å²) >= 11 is 0. The zero-order valence-electron chi connectivity index (χ0n) is 18.8. The maximum atomic E-state index is 15.2. The number of alkyl halides is 8. The molecular weight excluding hydrogens is 514 g/mol. The molecule has 3 fully saturated rings. The van der Waals surface area contributed by atoms with E-state index in [1.54, 1.807) is 5.32 Å². The number of hydrogen-bond acceptors (Lipinski definition) is 3. The maximum absolute atomic E-state index is 15.2. The molecule has 0 bridgehead atoms. The Morgan fingerprint density at radius 2 is 1.57 bits per heavy atom. The number of fused-ring (bicyclic) bond motifs is 1. The molecule has 5 rings (SSSR count). The van der Waals surface area contributed by atoms with Gasteiger partial charge in [0.2, 0.25) is 5.91 Å². The van der Waals surface area contributed by atoms with Crippen molar-refractivity contribution in [3.63, 3.8) is 0 Å². The second kappa shape index (κ2) is 8.38. The highest BCUT2D eigenvalue weighted by Crippen LogP contribution is 2.50. The number of likely N-dealkylation sites (tertiary alicyclic amines) is 1. The average Bonchev–Trinajstić information content (AvgIpc) is 3.74. The molecule has 1 aromatic heterocycles. The molecule has 2 heterocycles. The van der Waals surface area contributed by atoms with Crippen molar-refractivity contribution in [3.8, 4) is 0 Å². The van der Waals surface area contributed by atoms with Crippen LogP contribution in [0.3, 0.4) is 0 Å². The van der Waals surface area contributed by atoms with Gasteiger partial charge in [-0.2, -0.15) is 35.1 Å². The van der Waals surface area contributed by atoms with E-state index in [0.717, 1.165) is 11.1 Å². The third kappa shape index (κ3) is 4.87. The van der Waals surface area contributed by atoms with Gasteiger partial charge in [0.15, 0.2) is 0 Å². The highest BCUT2D eigenvalue weighted by molar-refractivity contribution is 5.98. The first kappa shape index (κ1) is 25.4. The number of pyridine rings is 1. The van der Waals surface area contributed by atoms with Gasteiger partial charge in [0, 0.05) is 24.0 Å². The first-order valence-electron chi connectivity index (χ1n) is 11.4. The molecule has 198 valence electrons. The molecule has 2 saturated carbocycles. The Bertz CT molecular complexity index is 1260. The lowest BCUT2D eigenvalue weighted by molar-refractivity contribution is -0.140. The number of carbonyl (C=O) groups is 2. The van der Waals surface area contributed by atoms with Gasteiger partial charge in [0.1, 0.15) is 6.04 Å². The third-order valence-corrected chi connectivity index (χ3v) is 6.97. The molecule has 1 aromatic carbocycles. The zero-order valence-corrected chi connectivity index (χ0v) is 18.8. The minimum Gasteiger partial charge on any atom is -0.323 e. The van der Waals surface area contributed by atoms with E-state index < -0.39 is 70.5 Å². The van der Waals surface area contributed by atoms with Crippen molar-refractivity contribution >= 4 is 11.8 Å². The summed E-state index contributed by atoms with van der Waals surface area (Å²) in [6.07, 6.45) is -6.69. The second-order valence-corrected chi connectivity index (χ2v) is 9.62. The van der Waals surface area contributed by atoms with E-state index in [4.69, 9.17) is 0 Å². The summed E-state index contributed by atoms with van der Waals surface area (Å²) in [7, 11) is 0. The predicted octanol–water partition coefficient (Wildman–Crippen LogP) is 5.47. The summed E-state index contributed by atoms with van der Waals surface area (Å²) < 4.78 is 109. The lowest BCUT2D eigenvalue weighted by Gasteiger charge is -2.29. The molecule has 1 saturated heterocycles. The molecule has 2 amide bonds. The second-order valence-electron chi connectivity index (χ2n) is 9.62. The number of benzene rings is 1. The normalized spacial score (nSPS) is 23.6. The number of nitrogens with one attached hydrogen (secondary N) is 1. The minimum absolute atomic E-state index is 0.0349. The number of aromatic nitrogens is 1. The fourth-order valence-electron chi connectivity index (χ4n) is 4.91. The van der Waals surface area contributed by atoms with Crippen LogP contribution in [0.1, 0.15) is 64.2 Å². The summed E-state index contributed by atoms with van der Waals surface area (Å²) in [6, 6.07) is -3.51. The molecule has 2 aromatic rings. The topological polar surface area (TPSA) is 62.3 Å². The van der Waals surface area contributed by atoms with E-state index in [1.165, 1.54) is 0 Å². The number of piperidine rings is 1. The van der Waals surface area contributed by atoms with Crippen LogP contribution in [0.25, 0.3) is 0 Å². The number of nitrogens with zero attached hydrogens (tertiary/aromatic N) is 2. The highest BCUT2D eigenvalue weighted by atomic mass is 19.4. The summed E-state index contributed by atoms with van der Waals surface area (Å²) in [6.45, 7) is 0. The van der Waals surface area contributed by atoms with Crippen LogP contribution in [0.5, 0.6) is 0 Å². The quantitative estimate of drug-likeness (QED) is 0.410. The zero-order chi connectivity index (χ0) is 26.9. The van der Waals surface area contributed by atoms with Crippen LogP contribution in [0.15, 0.2) is 36.7 Å². The van der Waals surface area contributed by atoms with Gasteiger partial charge < -0.3 is 4.90 Å². The van der Waals surface area contributed by atoms with Gasteiger partial charge >= 0.3 is 18.4 Å². The Morgan fingerprint density at radius 1 is 0.892 bits per heavy atom. The predicted molar refractivity (Wildman–Crippen MR) is 111 cm³/mol. The number of rotatable bonds is 5. The SMILES string of the molecule is O=C(NC(F)(F)c1ccc(C(F)(F)F)cc1C1CC1)[C@H]1C[C@H]2C[C@H]2N1C(=O)c1cncc(C(F)(F)F)c1. The van der Waals surface area contributed by atoms with E-state index in [9.17, 15) is 35.9 Å². The van der Waals surface area contributed by atoms with Crippen molar-refractivity contribution in [2.75, 3.05) is 0 Å². The van der Waals surface area contributed by atoms with Crippen molar-refractivity contribution in [2.24, 2.45) is 5.92 Å². The molecule has 5 nitrogen and oxygen atoms in total. The van der Waals surface area contributed by atoms with Gasteiger partial charge in [-0.1, -0.05) is 6.07 Å². The Morgan fingerprint density at radius 3 is 2.19 bits per heavy atom. The molecule has 3 atom stereocenters. The number of carbonyl (C=O) groups excluding carboxylic acids is 2. The molecule has 1 aliphatic heterocycles. The van der Waals surface area contributed by atoms with Gasteiger partial charge in [0.25, 0.3) is 5.91 Å². The maximum Gasteiger partial charge on any atom is 0.417 e. The van der Waals surface area contributed by atoms with Gasteiger partial charge in [-0.05, 0) is 61.3 Å². The van der Waals surface area contributed by atoms with Crippen LogP contribution >= 0.6 is 0 Å². The van der Waals surface area contributed by atoms with Crippen LogP contribution < -0.4 is 5.32 Å². The smallest absolute Gasteiger partial charge is 0.323 e. The Balaban J connectivity index is 1.38. The summed E-state index contributed by atoms with van der Waals surface area (Å²) in [5.74, 6) is -2.85. The number of halogens is 8. The molecular formula is C24H19F8N3O2. The molecule has 0 radical (unpaired) electrons. The van der Waals surface area contributed by atoms with E-state index in [-0.39, 0.29) is 17.9 Å². The molecule has 3 aliphatic rings. The largest absolute Gasteiger partial charge is 0.417 e. The van der Waals surface area contributed by atoms with Crippen LogP contribution in [-0.2, 0) is 23.2 Å². The van der Waals surface area contributed by atoms with E-state index in [1.807, 2.05) is 0 Å². The first-order chi connectivity index (χ1) is 17.2. The fraction of sp³-hybridized carbons (Fsp3) is 0.458. The van der Waals surface area contributed by atoms with E-state index in [2.05, 4.69) is 4.98 Å². The van der Waals surface area contributed by atoms with Crippen molar-refractivity contribution in [2.45, 2.75) is 62.1 Å². The first-order valence-corrected chi connectivity index (χ1v) is 11.4. The minimum atomic E-state index is -4.77. The Labute approximate surface area is 204 Å². The molecule has 1 N–H and O–H groups in total. The van der Waals surface area contributed by atoms with Crippen molar-refractivity contribution in [1.29, 1.82) is 0 Å². The van der Waals surface area contributed by atoms with E-state index in [0.29, 0.717) is 49.7 Å². The third-order valence-electron chi connectivity index (χ3n) is 6.97. The van der Waals surface area contributed by atoms with Gasteiger partial charge in [0.05, 0.1) is 16.7 Å². The molecule has 0 spiro atoms. The molecule has 2 aliphatic carbocycles. The molecule has 13 heteroatoms. The molecule has 0 unspecified atom stereocenters. The van der Waals surface area contributed by atoms with Crippen LogP contribution in [-0.4, -0.2) is 33.8 Å². The highest BCUT2D eigenvalue weighted by Gasteiger charge is 2.57. The lowest BCUT2D eigenvalue weighted by Crippen LogP contribution is -2.52. The lowest BCUT2D eigenvalue weighted by atomic mass is 9.98. The van der Waals surface area contributed by atoms with E-state index >= 15 is 8.78 Å². The summed E-state index contributed by atoms with van der Waals surface area (Å²) in [5, 5.41) is 1.57. The van der Waals surface area contributed by atoms with Crippen LogP contribution in [0, 0.1) is 5.92 Å². The van der Waals surface area contributed by atoms with Crippen molar-refractivity contribution in [3.05, 3.63) is 64.5 Å². The number of hydrogen-bond donors (Lipinski definition) is 1. The monoisotopic (exact) mass is 533 g/mol. The average molecular weight is 533 g/mol. The van der Waals surface area contributed by atoms with Crippen molar-refractivity contribution in [1.82, 2.24) is 15.2 Å². The van der Waals surface area contributed by atoms with Gasteiger partial charge in [-0.25, -0.2) is 0 Å².